The first-order valence-corrected chi connectivity index (χ1v) is 7.79. The number of rotatable bonds is 6. The maximum Gasteiger partial charge on any atom is 0.322 e. The van der Waals surface area contributed by atoms with E-state index in [1.165, 1.54) is 0 Å². The zero-order valence-corrected chi connectivity index (χ0v) is 11.6. The van der Waals surface area contributed by atoms with Crippen LogP contribution in [0.25, 0.3) is 0 Å². The molecule has 106 valence electrons. The average molecular weight is 279 g/mol. The monoisotopic (exact) mass is 279 g/mol. The molecule has 1 fully saturated rings. The quantitative estimate of drug-likeness (QED) is 0.773. The van der Waals surface area contributed by atoms with E-state index in [4.69, 9.17) is 9.84 Å². The Hall–Kier alpha value is -0.660. The molecule has 0 radical (unpaired) electrons. The number of sulfonamides is 1. The van der Waals surface area contributed by atoms with Gasteiger partial charge in [-0.1, -0.05) is 0 Å². The van der Waals surface area contributed by atoms with Gasteiger partial charge in [0.15, 0.2) is 0 Å². The Kier molecular flexibility index (Phi) is 5.55. The lowest BCUT2D eigenvalue weighted by atomic mass is 10.1. The van der Waals surface area contributed by atoms with Crippen molar-refractivity contribution in [3.8, 4) is 0 Å². The molecule has 1 unspecified atom stereocenters. The predicted octanol–water partition coefficient (Wildman–Crippen LogP) is 0.680. The minimum atomic E-state index is -3.55. The predicted molar refractivity (Wildman–Crippen MR) is 66.9 cm³/mol. The van der Waals surface area contributed by atoms with E-state index in [9.17, 15) is 13.2 Å². The smallest absolute Gasteiger partial charge is 0.322 e. The molecule has 7 heteroatoms. The van der Waals surface area contributed by atoms with Gasteiger partial charge < -0.3 is 9.84 Å². The number of piperidine rings is 1. The van der Waals surface area contributed by atoms with Crippen LogP contribution >= 0.6 is 0 Å². The molecule has 1 aliphatic heterocycles. The topological polar surface area (TPSA) is 83.9 Å². The van der Waals surface area contributed by atoms with Crippen molar-refractivity contribution in [3.63, 3.8) is 0 Å². The van der Waals surface area contributed by atoms with E-state index in [0.717, 1.165) is 10.7 Å². The molecule has 0 aromatic heterocycles. The van der Waals surface area contributed by atoms with Crippen LogP contribution in [0.5, 0.6) is 0 Å². The molecule has 1 N–H and O–H groups in total. The Balaban J connectivity index is 2.66. The first-order valence-electron chi connectivity index (χ1n) is 6.18. The Bertz CT molecular complexity index is 379. The number of hydrogen-bond acceptors (Lipinski definition) is 4. The molecule has 6 nitrogen and oxygen atoms in total. The van der Waals surface area contributed by atoms with E-state index >= 15 is 0 Å². The average Bonchev–Trinajstić information content (AvgIpc) is 2.28. The third-order valence-corrected chi connectivity index (χ3v) is 4.72. The summed E-state index contributed by atoms with van der Waals surface area (Å²) >= 11 is 0. The van der Waals surface area contributed by atoms with Crippen molar-refractivity contribution in [1.82, 2.24) is 4.31 Å². The molecule has 0 saturated carbocycles. The number of nitrogens with zero attached hydrogens (tertiary/aromatic N) is 1. The first-order chi connectivity index (χ1) is 8.34. The van der Waals surface area contributed by atoms with Crippen LogP contribution in [-0.2, 0) is 19.6 Å². The summed E-state index contributed by atoms with van der Waals surface area (Å²) in [5, 5.41) is 9.05. The number of carboxylic acid groups (broad SMARTS) is 1. The Morgan fingerprint density at radius 3 is 2.67 bits per heavy atom. The summed E-state index contributed by atoms with van der Waals surface area (Å²) < 4.78 is 30.5. The van der Waals surface area contributed by atoms with Crippen molar-refractivity contribution in [2.45, 2.75) is 45.3 Å². The maximum atomic E-state index is 12.1. The molecule has 0 aromatic carbocycles. The Morgan fingerprint density at radius 2 is 2.11 bits per heavy atom. The largest absolute Gasteiger partial charge is 0.480 e. The minimum absolute atomic E-state index is 0.0307. The lowest BCUT2D eigenvalue weighted by Gasteiger charge is -2.31. The number of hydrogen-bond donors (Lipinski definition) is 1. The van der Waals surface area contributed by atoms with E-state index in [1.807, 2.05) is 13.8 Å². The molecule has 0 amide bonds. The summed E-state index contributed by atoms with van der Waals surface area (Å²) in [6, 6.07) is -0.914. The standard InChI is InChI=1S/C11H21NO5S/c1-9(2)17-7-8-18(15,16)12-6-4-3-5-10(12)11(13)14/h9-10H,3-8H2,1-2H3,(H,13,14). The van der Waals surface area contributed by atoms with Crippen LogP contribution in [0.1, 0.15) is 33.1 Å². The number of ether oxygens (including phenoxy) is 1. The molecule has 1 heterocycles. The zero-order chi connectivity index (χ0) is 13.8. The Labute approximate surface area is 108 Å². The molecular formula is C11H21NO5S. The van der Waals surface area contributed by atoms with Gasteiger partial charge in [0.25, 0.3) is 0 Å². The highest BCUT2D eigenvalue weighted by Gasteiger charge is 2.36. The van der Waals surface area contributed by atoms with Gasteiger partial charge >= 0.3 is 5.97 Å². The second-order valence-corrected chi connectivity index (χ2v) is 6.74. The summed E-state index contributed by atoms with van der Waals surface area (Å²) in [5.41, 5.74) is 0. The molecular weight excluding hydrogens is 258 g/mol. The van der Waals surface area contributed by atoms with Gasteiger partial charge in [0.05, 0.1) is 18.5 Å². The highest BCUT2D eigenvalue weighted by atomic mass is 32.2. The lowest BCUT2D eigenvalue weighted by molar-refractivity contribution is -0.142. The summed E-state index contributed by atoms with van der Waals surface area (Å²) in [6.07, 6.45) is 1.83. The fraction of sp³-hybridized carbons (Fsp3) is 0.909. The van der Waals surface area contributed by atoms with Crippen molar-refractivity contribution in [3.05, 3.63) is 0 Å². The van der Waals surface area contributed by atoms with Gasteiger partial charge in [-0.15, -0.1) is 0 Å². The summed E-state index contributed by atoms with van der Waals surface area (Å²) in [6.45, 7) is 4.05. The van der Waals surface area contributed by atoms with Crippen LogP contribution in [-0.4, -0.2) is 54.8 Å². The fourth-order valence-corrected chi connectivity index (χ4v) is 3.52. The molecule has 0 aromatic rings. The minimum Gasteiger partial charge on any atom is -0.480 e. The number of carboxylic acids is 1. The van der Waals surface area contributed by atoms with E-state index in [0.29, 0.717) is 19.4 Å². The van der Waals surface area contributed by atoms with E-state index in [2.05, 4.69) is 0 Å². The SMILES string of the molecule is CC(C)OCCS(=O)(=O)N1CCCCC1C(=O)O. The van der Waals surface area contributed by atoms with Crippen LogP contribution in [0, 0.1) is 0 Å². The van der Waals surface area contributed by atoms with Gasteiger partial charge in [0, 0.05) is 6.54 Å². The molecule has 0 spiro atoms. The first kappa shape index (κ1) is 15.4. The lowest BCUT2D eigenvalue weighted by Crippen LogP contribution is -2.49. The molecule has 1 atom stereocenters. The fourth-order valence-electron chi connectivity index (χ4n) is 1.99. The van der Waals surface area contributed by atoms with Gasteiger partial charge in [-0.2, -0.15) is 4.31 Å². The van der Waals surface area contributed by atoms with Crippen LogP contribution in [0.3, 0.4) is 0 Å². The van der Waals surface area contributed by atoms with Gasteiger partial charge in [0.2, 0.25) is 10.0 Å². The third kappa shape index (κ3) is 4.22. The summed E-state index contributed by atoms with van der Waals surface area (Å²) in [7, 11) is -3.55. The summed E-state index contributed by atoms with van der Waals surface area (Å²) in [5.74, 6) is -1.22. The number of carbonyl (C=O) groups is 1. The highest BCUT2D eigenvalue weighted by molar-refractivity contribution is 7.89. The molecule has 0 aliphatic carbocycles. The van der Waals surface area contributed by atoms with E-state index in [-0.39, 0.29) is 18.5 Å². The van der Waals surface area contributed by atoms with Gasteiger partial charge in [-0.05, 0) is 33.1 Å². The van der Waals surface area contributed by atoms with Crippen LogP contribution in [0.2, 0.25) is 0 Å². The third-order valence-electron chi connectivity index (χ3n) is 2.89. The van der Waals surface area contributed by atoms with Gasteiger partial charge in [-0.25, -0.2) is 8.42 Å². The zero-order valence-electron chi connectivity index (χ0n) is 10.8. The van der Waals surface area contributed by atoms with Crippen molar-refractivity contribution in [2.75, 3.05) is 18.9 Å². The van der Waals surface area contributed by atoms with Crippen molar-refractivity contribution in [2.24, 2.45) is 0 Å². The van der Waals surface area contributed by atoms with Crippen LogP contribution in [0.4, 0.5) is 0 Å². The van der Waals surface area contributed by atoms with Gasteiger partial charge in [-0.3, -0.25) is 4.79 Å². The molecule has 1 aliphatic rings. The number of aliphatic carboxylic acids is 1. The van der Waals surface area contributed by atoms with Crippen molar-refractivity contribution in [1.29, 1.82) is 0 Å². The second-order valence-electron chi connectivity index (χ2n) is 4.70. The summed E-state index contributed by atoms with van der Waals surface area (Å²) in [4.78, 5) is 11.1. The van der Waals surface area contributed by atoms with Crippen molar-refractivity contribution < 1.29 is 23.1 Å². The van der Waals surface area contributed by atoms with E-state index in [1.54, 1.807) is 0 Å². The molecule has 1 rings (SSSR count). The van der Waals surface area contributed by atoms with Gasteiger partial charge in [0.1, 0.15) is 6.04 Å². The van der Waals surface area contributed by atoms with Crippen molar-refractivity contribution >= 4 is 16.0 Å². The van der Waals surface area contributed by atoms with E-state index < -0.39 is 22.0 Å². The van der Waals surface area contributed by atoms with Crippen LogP contribution in [0.15, 0.2) is 0 Å². The molecule has 18 heavy (non-hydrogen) atoms. The van der Waals surface area contributed by atoms with Crippen LogP contribution < -0.4 is 0 Å². The highest BCUT2D eigenvalue weighted by Crippen LogP contribution is 2.21. The maximum absolute atomic E-state index is 12.1. The Morgan fingerprint density at radius 1 is 1.44 bits per heavy atom. The molecule has 0 bridgehead atoms. The second kappa shape index (κ2) is 6.49. The molecule has 1 saturated heterocycles. The normalized spacial score (nSPS) is 22.3.